The summed E-state index contributed by atoms with van der Waals surface area (Å²) in [6, 6.07) is 10.6. The van der Waals surface area contributed by atoms with Gasteiger partial charge in [0.1, 0.15) is 24.7 Å². The van der Waals surface area contributed by atoms with E-state index < -0.39 is 11.6 Å². The van der Waals surface area contributed by atoms with Crippen molar-refractivity contribution in [1.29, 1.82) is 0 Å². The SMILES string of the molecule is Fc1cnc(Cl)nc1Cl.[C-]#CCOc1ccc(N)cc1C.[C-]#CCOc1ccc(Nc2nc(Cl)ncc2F)cc1C.[Y].[Y]. The zero-order chi connectivity index (χ0) is 30.4. The van der Waals surface area contributed by atoms with E-state index in [0.29, 0.717) is 11.4 Å². The third-order valence-electron chi connectivity index (χ3n) is 4.62. The molecule has 4 rings (SSSR count). The Morgan fingerprint density at radius 3 is 1.81 bits per heavy atom. The maximum atomic E-state index is 13.5. The fraction of sp³-hybridized carbons (Fsp3) is 0.143. The smallest absolute Gasteiger partial charge is 0.224 e. The van der Waals surface area contributed by atoms with Gasteiger partial charge in [-0.25, -0.2) is 23.7 Å². The summed E-state index contributed by atoms with van der Waals surface area (Å²) in [5.74, 6) is 4.43. The number of anilines is 3. The molecule has 2 heterocycles. The summed E-state index contributed by atoms with van der Waals surface area (Å²) in [6.45, 7) is 4.03. The molecule has 0 amide bonds. The summed E-state index contributed by atoms with van der Waals surface area (Å²) in [4.78, 5) is 14.0. The molecular formula is C28H21Cl3F2N6O2Y2-2. The van der Waals surface area contributed by atoms with Crippen LogP contribution in [0.15, 0.2) is 48.8 Å². The molecule has 0 fully saturated rings. The molecule has 0 saturated heterocycles. The number of aromatic nitrogens is 4. The molecule has 0 spiro atoms. The number of nitrogens with zero attached hydrogens (tertiary/aromatic N) is 4. The van der Waals surface area contributed by atoms with Crippen LogP contribution in [-0.2, 0) is 65.4 Å². The molecule has 0 saturated carbocycles. The van der Waals surface area contributed by atoms with Crippen LogP contribution in [0, 0.1) is 50.2 Å². The molecule has 0 aliphatic rings. The van der Waals surface area contributed by atoms with E-state index in [1.807, 2.05) is 19.9 Å². The number of nitrogens with two attached hydrogens (primary N) is 1. The Morgan fingerprint density at radius 2 is 1.33 bits per heavy atom. The molecule has 43 heavy (non-hydrogen) atoms. The topological polar surface area (TPSA) is 108 Å². The number of nitrogens with one attached hydrogen (secondary N) is 1. The second-order valence-corrected chi connectivity index (χ2v) is 8.71. The molecule has 0 bridgehead atoms. The number of hydrogen-bond donors (Lipinski definition) is 2. The van der Waals surface area contributed by atoms with Crippen LogP contribution < -0.4 is 20.5 Å². The fourth-order valence-corrected chi connectivity index (χ4v) is 3.29. The maximum absolute atomic E-state index is 13.5. The van der Waals surface area contributed by atoms with Crippen molar-refractivity contribution < 1.29 is 83.7 Å². The van der Waals surface area contributed by atoms with Gasteiger partial charge in [-0.2, -0.15) is 4.98 Å². The number of ether oxygens (including phenoxy) is 2. The Balaban J connectivity index is 0.000000657. The number of aryl methyl sites for hydroxylation is 2. The third kappa shape index (κ3) is 14.9. The normalized spacial score (nSPS) is 9.14. The maximum Gasteiger partial charge on any atom is 0.224 e. The largest absolute Gasteiger partial charge is 0.690 e. The van der Waals surface area contributed by atoms with E-state index in [2.05, 4.69) is 37.1 Å². The number of hydrogen-bond acceptors (Lipinski definition) is 8. The number of rotatable bonds is 6. The Hall–Kier alpha value is -2.14. The average molecular weight is 796 g/mol. The summed E-state index contributed by atoms with van der Waals surface area (Å²) in [7, 11) is 0. The molecule has 0 atom stereocenters. The Labute approximate surface area is 314 Å². The van der Waals surface area contributed by atoms with E-state index >= 15 is 0 Å². The Kier molecular flexibility index (Phi) is 20.5. The van der Waals surface area contributed by atoms with Crippen LogP contribution in [0.5, 0.6) is 11.5 Å². The Morgan fingerprint density at radius 1 is 0.814 bits per heavy atom. The van der Waals surface area contributed by atoms with E-state index in [-0.39, 0.29) is 100 Å². The molecule has 0 aliphatic heterocycles. The van der Waals surface area contributed by atoms with Gasteiger partial charge in [0, 0.05) is 76.8 Å². The van der Waals surface area contributed by atoms with Crippen molar-refractivity contribution in [3.8, 4) is 23.3 Å². The van der Waals surface area contributed by atoms with Gasteiger partial charge in [-0.15, -0.1) is 0 Å². The van der Waals surface area contributed by atoms with Gasteiger partial charge in [-0.1, -0.05) is 11.6 Å². The quantitative estimate of drug-likeness (QED) is 0.0726. The minimum absolute atomic E-state index is 0. The Bertz CT molecular complexity index is 1570. The van der Waals surface area contributed by atoms with Crippen molar-refractivity contribution in [1.82, 2.24) is 19.9 Å². The van der Waals surface area contributed by atoms with Crippen molar-refractivity contribution in [2.24, 2.45) is 0 Å². The first-order valence-electron chi connectivity index (χ1n) is 11.3. The van der Waals surface area contributed by atoms with Crippen molar-refractivity contribution in [2.45, 2.75) is 13.8 Å². The van der Waals surface area contributed by atoms with Gasteiger partial charge < -0.3 is 45.2 Å². The fourth-order valence-electron chi connectivity index (χ4n) is 2.85. The standard InChI is InChI=1S/C14H10ClFN3O.C10H10NO.C4HCl2FN2.2Y/c1-3-6-20-12-5-4-10(7-9(12)2)18-13-11(16)8-17-14(15)19-13;1-3-6-12-10-5-4-9(11)7-8(10)2;5-3-2(7)1-8-4(6)9-3;;/h4-5,7-8H,6H2,2H3,(H,17,18,19);4-5,7H,6,11H2,2H3;1H;;/q2*-1;;;. The van der Waals surface area contributed by atoms with Crippen LogP contribution in [0.4, 0.5) is 26.0 Å². The monoisotopic (exact) mass is 794 g/mol. The minimum Gasteiger partial charge on any atom is -0.690 e. The number of benzene rings is 2. The van der Waals surface area contributed by atoms with Gasteiger partial charge in [0.25, 0.3) is 0 Å². The molecule has 218 valence electrons. The van der Waals surface area contributed by atoms with Crippen LogP contribution in [0.25, 0.3) is 0 Å². The van der Waals surface area contributed by atoms with Crippen molar-refractivity contribution in [3.05, 3.63) is 100 Å². The van der Waals surface area contributed by atoms with Gasteiger partial charge >= 0.3 is 0 Å². The van der Waals surface area contributed by atoms with Gasteiger partial charge in [-0.05, 0) is 84.6 Å². The first kappa shape index (κ1) is 40.9. The van der Waals surface area contributed by atoms with Gasteiger partial charge in [0.2, 0.25) is 10.6 Å². The zero-order valence-electron chi connectivity index (χ0n) is 22.8. The second kappa shape index (κ2) is 21.5. The van der Waals surface area contributed by atoms with Gasteiger partial charge in [0.15, 0.2) is 22.6 Å². The molecule has 0 unspecified atom stereocenters. The molecule has 8 nitrogen and oxygen atoms in total. The van der Waals surface area contributed by atoms with E-state index in [0.717, 1.165) is 35.0 Å². The molecule has 0 aliphatic carbocycles. The molecule has 4 aromatic rings. The van der Waals surface area contributed by atoms with Crippen LogP contribution in [0.3, 0.4) is 0 Å². The number of halogens is 5. The van der Waals surface area contributed by atoms with Crippen LogP contribution in [0.2, 0.25) is 15.7 Å². The second-order valence-electron chi connectivity index (χ2n) is 7.67. The predicted octanol–water partition coefficient (Wildman–Crippen LogP) is 6.75. The number of nitrogen functional groups attached to an aromatic ring is 1. The predicted molar refractivity (Wildman–Crippen MR) is 154 cm³/mol. The van der Waals surface area contributed by atoms with E-state index in [1.54, 1.807) is 30.3 Å². The summed E-state index contributed by atoms with van der Waals surface area (Å²) >= 11 is 16.1. The summed E-state index contributed by atoms with van der Waals surface area (Å²) in [6.07, 6.45) is 15.4. The summed E-state index contributed by atoms with van der Waals surface area (Å²) < 4.78 is 36.2. The summed E-state index contributed by atoms with van der Waals surface area (Å²) in [5, 5.41) is 2.47. The van der Waals surface area contributed by atoms with Crippen molar-refractivity contribution >= 4 is 52.0 Å². The van der Waals surface area contributed by atoms with Gasteiger partial charge in [0.05, 0.1) is 12.4 Å². The molecule has 15 heteroatoms. The third-order valence-corrected chi connectivity index (χ3v) is 5.25. The van der Waals surface area contributed by atoms with Gasteiger partial charge in [-0.3, -0.25) is 0 Å². The van der Waals surface area contributed by atoms with Crippen LogP contribution >= 0.6 is 34.8 Å². The molecule has 2 aromatic carbocycles. The van der Waals surface area contributed by atoms with E-state index in [1.165, 1.54) is 0 Å². The average Bonchev–Trinajstić information content (AvgIpc) is 2.93. The first-order valence-corrected chi connectivity index (χ1v) is 12.5. The molecular weight excluding hydrogens is 775 g/mol. The van der Waals surface area contributed by atoms with E-state index in [4.69, 9.17) is 62.9 Å². The summed E-state index contributed by atoms with van der Waals surface area (Å²) in [5.41, 5.74) is 8.73. The zero-order valence-corrected chi connectivity index (χ0v) is 30.7. The first-order chi connectivity index (χ1) is 19.5. The molecule has 2 radical (unpaired) electrons. The van der Waals surface area contributed by atoms with Crippen LogP contribution in [0.1, 0.15) is 11.1 Å². The molecule has 3 N–H and O–H groups in total. The van der Waals surface area contributed by atoms with Crippen molar-refractivity contribution in [3.63, 3.8) is 0 Å². The van der Waals surface area contributed by atoms with Crippen LogP contribution in [-0.4, -0.2) is 33.1 Å². The van der Waals surface area contributed by atoms with E-state index in [9.17, 15) is 8.78 Å². The minimum atomic E-state index is -0.666. The molecule has 2 aromatic heterocycles. The van der Waals surface area contributed by atoms with Crippen molar-refractivity contribution in [2.75, 3.05) is 24.3 Å².